The fraction of sp³-hybridized carbons (Fsp3) is 0.421. The second-order valence-corrected chi connectivity index (χ2v) is 6.12. The van der Waals surface area contributed by atoms with Crippen LogP contribution in [0.3, 0.4) is 0 Å². The zero-order valence-corrected chi connectivity index (χ0v) is 14.2. The highest BCUT2D eigenvalue weighted by Crippen LogP contribution is 2.28. The highest BCUT2D eigenvalue weighted by Gasteiger charge is 2.26. The number of amides is 1. The summed E-state index contributed by atoms with van der Waals surface area (Å²) in [6, 6.07) is 11.4. The molecule has 1 heterocycles. The number of benzene rings is 1. The number of nitrogens with zero attached hydrogens (tertiary/aromatic N) is 2. The Morgan fingerprint density at radius 1 is 1.08 bits per heavy atom. The zero-order chi connectivity index (χ0) is 17.3. The summed E-state index contributed by atoms with van der Waals surface area (Å²) in [5.41, 5.74) is 0.895. The molecule has 0 radical (unpaired) electrons. The van der Waals surface area contributed by atoms with E-state index in [1.807, 2.05) is 30.3 Å². The minimum atomic E-state index is -0.558. The summed E-state index contributed by atoms with van der Waals surface area (Å²) in [6.45, 7) is 1.04. The smallest absolute Gasteiger partial charge is 0.253 e. The summed E-state index contributed by atoms with van der Waals surface area (Å²) in [6.07, 6.45) is 7.38. The third-order valence-electron chi connectivity index (χ3n) is 4.24. The van der Waals surface area contributed by atoms with Gasteiger partial charge in [0.15, 0.2) is 6.10 Å². The highest BCUT2D eigenvalue weighted by atomic mass is 16.5. The molecule has 6 nitrogen and oxygen atoms in total. The van der Waals surface area contributed by atoms with Crippen LogP contribution in [-0.4, -0.2) is 35.1 Å². The minimum Gasteiger partial charge on any atom is -0.360 e. The summed E-state index contributed by atoms with van der Waals surface area (Å²) in [5.74, 6) is 0.451. The van der Waals surface area contributed by atoms with Crippen LogP contribution in [0, 0.1) is 0 Å². The van der Waals surface area contributed by atoms with E-state index in [2.05, 4.69) is 20.6 Å². The molecule has 0 aliphatic heterocycles. The molecule has 1 aliphatic rings. The van der Waals surface area contributed by atoms with E-state index in [0.29, 0.717) is 19.0 Å². The lowest BCUT2D eigenvalue weighted by molar-refractivity contribution is -0.137. The summed E-state index contributed by atoms with van der Waals surface area (Å²) >= 11 is 0. The maximum Gasteiger partial charge on any atom is 0.253 e. The number of ether oxygens (including phenoxy) is 1. The van der Waals surface area contributed by atoms with Crippen molar-refractivity contribution in [3.05, 3.63) is 54.4 Å². The molecule has 25 heavy (non-hydrogen) atoms. The summed E-state index contributed by atoms with van der Waals surface area (Å²) in [7, 11) is 0. The number of nitrogens with one attached hydrogen (secondary N) is 2. The van der Waals surface area contributed by atoms with Gasteiger partial charge in [0.2, 0.25) is 5.95 Å². The van der Waals surface area contributed by atoms with Gasteiger partial charge in [-0.1, -0.05) is 43.2 Å². The van der Waals surface area contributed by atoms with Gasteiger partial charge in [0.25, 0.3) is 5.91 Å². The molecule has 2 aromatic rings. The van der Waals surface area contributed by atoms with E-state index in [1.165, 1.54) is 12.8 Å². The average Bonchev–Trinajstić information content (AvgIpc) is 3.18. The fourth-order valence-electron chi connectivity index (χ4n) is 2.98. The van der Waals surface area contributed by atoms with E-state index in [1.54, 1.807) is 18.5 Å². The molecule has 0 unspecified atom stereocenters. The predicted molar refractivity (Wildman–Crippen MR) is 96.1 cm³/mol. The number of carbonyl (C=O) groups is 1. The maximum absolute atomic E-state index is 12.6. The number of anilines is 1. The van der Waals surface area contributed by atoms with Gasteiger partial charge >= 0.3 is 0 Å². The van der Waals surface area contributed by atoms with Crippen LogP contribution in [0.4, 0.5) is 5.95 Å². The van der Waals surface area contributed by atoms with Crippen molar-refractivity contribution < 1.29 is 9.53 Å². The Kier molecular flexibility index (Phi) is 6.34. The normalized spacial score (nSPS) is 15.7. The first-order valence-corrected chi connectivity index (χ1v) is 8.82. The number of hydrogen-bond donors (Lipinski definition) is 2. The molecule has 2 N–H and O–H groups in total. The van der Waals surface area contributed by atoms with E-state index in [0.717, 1.165) is 18.4 Å². The van der Waals surface area contributed by atoms with E-state index in [4.69, 9.17) is 4.74 Å². The molecule has 6 heteroatoms. The van der Waals surface area contributed by atoms with Gasteiger partial charge in [-0.2, -0.15) is 0 Å². The maximum atomic E-state index is 12.6. The summed E-state index contributed by atoms with van der Waals surface area (Å²) in [4.78, 5) is 20.8. The van der Waals surface area contributed by atoms with Gasteiger partial charge in [-0.05, 0) is 24.5 Å². The van der Waals surface area contributed by atoms with Crippen molar-refractivity contribution in [2.45, 2.75) is 37.9 Å². The van der Waals surface area contributed by atoms with Gasteiger partial charge in [-0.15, -0.1) is 0 Å². The molecule has 1 fully saturated rings. The predicted octanol–water partition coefficient (Wildman–Crippen LogP) is 2.71. The van der Waals surface area contributed by atoms with E-state index < -0.39 is 6.10 Å². The molecular weight excluding hydrogens is 316 g/mol. The topological polar surface area (TPSA) is 76.1 Å². The van der Waals surface area contributed by atoms with Crippen LogP contribution in [0.2, 0.25) is 0 Å². The Balaban J connectivity index is 1.53. The largest absolute Gasteiger partial charge is 0.360 e. The van der Waals surface area contributed by atoms with Gasteiger partial charge in [0.05, 0.1) is 6.10 Å². The molecule has 1 aliphatic carbocycles. The van der Waals surface area contributed by atoms with Crippen LogP contribution in [0.25, 0.3) is 0 Å². The van der Waals surface area contributed by atoms with Crippen LogP contribution in [0.1, 0.15) is 37.4 Å². The molecule has 0 bridgehead atoms. The Morgan fingerprint density at radius 3 is 2.52 bits per heavy atom. The second kappa shape index (κ2) is 9.13. The van der Waals surface area contributed by atoms with E-state index >= 15 is 0 Å². The molecule has 3 rings (SSSR count). The molecule has 1 saturated carbocycles. The monoisotopic (exact) mass is 340 g/mol. The van der Waals surface area contributed by atoms with Gasteiger partial charge in [-0.25, -0.2) is 9.97 Å². The van der Waals surface area contributed by atoms with Crippen LogP contribution in [-0.2, 0) is 9.53 Å². The molecular formula is C19H24N4O2. The number of rotatable bonds is 8. The summed E-state index contributed by atoms with van der Waals surface area (Å²) < 4.78 is 6.12. The Hall–Kier alpha value is -2.47. The van der Waals surface area contributed by atoms with E-state index in [-0.39, 0.29) is 12.0 Å². The third-order valence-corrected chi connectivity index (χ3v) is 4.24. The van der Waals surface area contributed by atoms with Crippen LogP contribution < -0.4 is 10.6 Å². The highest BCUT2D eigenvalue weighted by molar-refractivity contribution is 5.82. The lowest BCUT2D eigenvalue weighted by Gasteiger charge is -2.22. The molecule has 132 valence electrons. The van der Waals surface area contributed by atoms with Gasteiger partial charge < -0.3 is 15.4 Å². The van der Waals surface area contributed by atoms with Crippen molar-refractivity contribution in [2.24, 2.45) is 0 Å². The first kappa shape index (κ1) is 17.4. The van der Waals surface area contributed by atoms with Crippen molar-refractivity contribution in [3.63, 3.8) is 0 Å². The second-order valence-electron chi connectivity index (χ2n) is 6.12. The molecule has 1 aromatic heterocycles. The van der Waals surface area contributed by atoms with Crippen LogP contribution in [0.15, 0.2) is 48.8 Å². The quantitative estimate of drug-likeness (QED) is 0.723. The van der Waals surface area contributed by atoms with Crippen molar-refractivity contribution in [3.8, 4) is 0 Å². The molecule has 0 saturated heterocycles. The first-order chi connectivity index (χ1) is 12.3. The van der Waals surface area contributed by atoms with Gasteiger partial charge in [-0.3, -0.25) is 4.79 Å². The Bertz CT molecular complexity index is 645. The minimum absolute atomic E-state index is 0.103. The zero-order valence-electron chi connectivity index (χ0n) is 14.2. The SMILES string of the molecule is O=C(NCCNc1ncccn1)[C@H](OC1CCCC1)c1ccccc1. The Labute approximate surface area is 148 Å². The van der Waals surface area contributed by atoms with Gasteiger partial charge in [0, 0.05) is 25.5 Å². The standard InChI is InChI=1S/C19H24N4O2/c24-18(20-13-14-23-19-21-11-6-12-22-19)17(15-7-2-1-3-8-15)25-16-9-4-5-10-16/h1-3,6-8,11-12,16-17H,4-5,9-10,13-14H2,(H,20,24)(H,21,22,23)/t17-/m1/s1. The van der Waals surface area contributed by atoms with Crippen molar-refractivity contribution >= 4 is 11.9 Å². The van der Waals surface area contributed by atoms with Crippen molar-refractivity contribution in [1.29, 1.82) is 0 Å². The average molecular weight is 340 g/mol. The molecule has 1 aromatic carbocycles. The van der Waals surface area contributed by atoms with Crippen LogP contribution >= 0.6 is 0 Å². The first-order valence-electron chi connectivity index (χ1n) is 8.82. The number of hydrogen-bond acceptors (Lipinski definition) is 5. The summed E-state index contributed by atoms with van der Waals surface area (Å²) in [5, 5.41) is 6.02. The van der Waals surface area contributed by atoms with Gasteiger partial charge in [0.1, 0.15) is 0 Å². The fourth-order valence-corrected chi connectivity index (χ4v) is 2.98. The molecule has 0 spiro atoms. The van der Waals surface area contributed by atoms with Crippen LogP contribution in [0.5, 0.6) is 0 Å². The molecule has 1 amide bonds. The third kappa shape index (κ3) is 5.26. The lowest BCUT2D eigenvalue weighted by Crippen LogP contribution is -2.35. The number of carbonyl (C=O) groups excluding carboxylic acids is 1. The van der Waals surface area contributed by atoms with E-state index in [9.17, 15) is 4.79 Å². The lowest BCUT2D eigenvalue weighted by atomic mass is 10.1. The van der Waals surface area contributed by atoms with Crippen molar-refractivity contribution in [2.75, 3.05) is 18.4 Å². The molecule has 1 atom stereocenters. The number of aromatic nitrogens is 2. The van der Waals surface area contributed by atoms with Crippen molar-refractivity contribution in [1.82, 2.24) is 15.3 Å². The Morgan fingerprint density at radius 2 is 1.80 bits per heavy atom.